The Hall–Kier alpha value is -0.940. The van der Waals surface area contributed by atoms with Gasteiger partial charge in [-0.1, -0.05) is 29.8 Å². The van der Waals surface area contributed by atoms with Crippen molar-refractivity contribution in [2.24, 2.45) is 0 Å². The molecule has 0 aliphatic carbocycles. The molecule has 0 bridgehead atoms. The lowest BCUT2D eigenvalue weighted by atomic mass is 9.84. The number of halogens is 2. The van der Waals surface area contributed by atoms with Crippen LogP contribution in [0.25, 0.3) is 0 Å². The molecule has 0 aliphatic heterocycles. The van der Waals surface area contributed by atoms with E-state index in [4.69, 9.17) is 5.11 Å². The Morgan fingerprint density at radius 1 is 1.50 bits per heavy atom. The van der Waals surface area contributed by atoms with E-state index < -0.39 is 11.4 Å². The van der Waals surface area contributed by atoms with Crippen LogP contribution in [0.5, 0.6) is 0 Å². The van der Waals surface area contributed by atoms with Crippen LogP contribution in [0.15, 0.2) is 22.7 Å². The van der Waals surface area contributed by atoms with E-state index in [0.717, 1.165) is 4.47 Å². The van der Waals surface area contributed by atoms with E-state index in [1.807, 2.05) is 13.8 Å². The molecule has 18 heavy (non-hydrogen) atoms. The van der Waals surface area contributed by atoms with Gasteiger partial charge in [0.15, 0.2) is 0 Å². The van der Waals surface area contributed by atoms with Crippen molar-refractivity contribution in [3.63, 3.8) is 0 Å². The molecule has 1 rings (SSSR count). The summed E-state index contributed by atoms with van der Waals surface area (Å²) in [4.78, 5) is 10.4. The van der Waals surface area contributed by atoms with Crippen molar-refractivity contribution < 1.29 is 14.3 Å². The van der Waals surface area contributed by atoms with Crippen LogP contribution in [-0.2, 0) is 10.2 Å². The van der Waals surface area contributed by atoms with E-state index in [1.165, 1.54) is 6.07 Å². The lowest BCUT2D eigenvalue weighted by molar-refractivity contribution is -0.136. The molecule has 0 aromatic heterocycles. The zero-order chi connectivity index (χ0) is 13.8. The third-order valence-electron chi connectivity index (χ3n) is 2.74. The van der Waals surface area contributed by atoms with Crippen LogP contribution in [0, 0.1) is 5.82 Å². The highest BCUT2D eigenvalue weighted by Crippen LogP contribution is 2.27. The van der Waals surface area contributed by atoms with Crippen molar-refractivity contribution in [1.82, 2.24) is 5.32 Å². The van der Waals surface area contributed by atoms with E-state index in [2.05, 4.69) is 21.2 Å². The standard InChI is InChI=1S/C13H17BrFNO2/c1-13(2,8-16-6-5-12(17)18)10-7-9(14)3-4-11(10)15/h3-4,7,16H,5-6,8H2,1-2H3,(H,17,18). The van der Waals surface area contributed by atoms with Gasteiger partial charge in [0.05, 0.1) is 6.42 Å². The zero-order valence-corrected chi connectivity index (χ0v) is 12.1. The molecule has 2 N–H and O–H groups in total. The summed E-state index contributed by atoms with van der Waals surface area (Å²) in [5, 5.41) is 11.6. The highest BCUT2D eigenvalue weighted by Gasteiger charge is 2.24. The predicted octanol–water partition coefficient (Wildman–Crippen LogP) is 2.93. The maximum atomic E-state index is 13.8. The van der Waals surface area contributed by atoms with Gasteiger partial charge in [0.1, 0.15) is 5.82 Å². The molecule has 3 nitrogen and oxygen atoms in total. The highest BCUT2D eigenvalue weighted by molar-refractivity contribution is 9.10. The molecule has 5 heteroatoms. The molecule has 1 aromatic rings. The maximum absolute atomic E-state index is 13.8. The van der Waals surface area contributed by atoms with E-state index in [1.54, 1.807) is 12.1 Å². The van der Waals surface area contributed by atoms with Gasteiger partial charge in [-0.3, -0.25) is 4.79 Å². The highest BCUT2D eigenvalue weighted by atomic mass is 79.9. The summed E-state index contributed by atoms with van der Waals surface area (Å²) in [5.41, 5.74) is 0.214. The molecule has 0 unspecified atom stereocenters. The Morgan fingerprint density at radius 2 is 2.17 bits per heavy atom. The van der Waals surface area contributed by atoms with Gasteiger partial charge in [0, 0.05) is 23.0 Å². The zero-order valence-electron chi connectivity index (χ0n) is 10.5. The Morgan fingerprint density at radius 3 is 2.78 bits per heavy atom. The number of hydrogen-bond acceptors (Lipinski definition) is 2. The van der Waals surface area contributed by atoms with Crippen molar-refractivity contribution in [3.8, 4) is 0 Å². The molecule has 0 radical (unpaired) electrons. The predicted molar refractivity (Wildman–Crippen MR) is 72.2 cm³/mol. The first-order chi connectivity index (χ1) is 8.33. The van der Waals surface area contributed by atoms with E-state index >= 15 is 0 Å². The lowest BCUT2D eigenvalue weighted by Gasteiger charge is -2.26. The van der Waals surface area contributed by atoms with E-state index in [-0.39, 0.29) is 12.2 Å². The molecule has 0 heterocycles. The summed E-state index contributed by atoms with van der Waals surface area (Å²) in [6.07, 6.45) is 0.0665. The number of rotatable bonds is 6. The Labute approximate surface area is 115 Å². The number of carboxylic acid groups (broad SMARTS) is 1. The maximum Gasteiger partial charge on any atom is 0.304 e. The first kappa shape index (κ1) is 15.1. The molecule has 0 saturated heterocycles. The van der Waals surface area contributed by atoms with Crippen molar-refractivity contribution in [1.29, 1.82) is 0 Å². The second-order valence-electron chi connectivity index (χ2n) is 4.83. The fourth-order valence-corrected chi connectivity index (χ4v) is 2.07. The van der Waals surface area contributed by atoms with Crippen LogP contribution in [0.1, 0.15) is 25.8 Å². The SMILES string of the molecule is CC(C)(CNCCC(=O)O)c1cc(Br)ccc1F. The molecule has 0 saturated carbocycles. The molecule has 0 amide bonds. The van der Waals surface area contributed by atoms with Crippen LogP contribution < -0.4 is 5.32 Å². The van der Waals surface area contributed by atoms with Crippen LogP contribution in [0.4, 0.5) is 4.39 Å². The lowest BCUT2D eigenvalue weighted by Crippen LogP contribution is -2.34. The van der Waals surface area contributed by atoms with Crippen molar-refractivity contribution in [2.75, 3.05) is 13.1 Å². The fraction of sp³-hybridized carbons (Fsp3) is 0.462. The summed E-state index contributed by atoms with van der Waals surface area (Å²) in [6.45, 7) is 4.75. The topological polar surface area (TPSA) is 49.3 Å². The summed E-state index contributed by atoms with van der Waals surface area (Å²) in [7, 11) is 0. The van der Waals surface area contributed by atoms with Gasteiger partial charge in [-0.05, 0) is 23.8 Å². The molecular weight excluding hydrogens is 301 g/mol. The van der Waals surface area contributed by atoms with Crippen LogP contribution >= 0.6 is 15.9 Å². The van der Waals surface area contributed by atoms with Crippen LogP contribution in [-0.4, -0.2) is 24.2 Å². The molecule has 0 spiro atoms. The van der Waals surface area contributed by atoms with Gasteiger partial charge >= 0.3 is 5.97 Å². The average molecular weight is 318 g/mol. The normalized spacial score (nSPS) is 11.6. The molecule has 100 valence electrons. The monoisotopic (exact) mass is 317 g/mol. The summed E-state index contributed by atoms with van der Waals surface area (Å²) < 4.78 is 14.6. The summed E-state index contributed by atoms with van der Waals surface area (Å²) in [6, 6.07) is 4.85. The number of carboxylic acids is 1. The average Bonchev–Trinajstić information content (AvgIpc) is 2.27. The Balaban J connectivity index is 2.67. The number of nitrogens with one attached hydrogen (secondary N) is 1. The number of aliphatic carboxylic acids is 1. The summed E-state index contributed by atoms with van der Waals surface area (Å²) >= 11 is 3.32. The third kappa shape index (κ3) is 4.38. The minimum Gasteiger partial charge on any atom is -0.481 e. The van der Waals surface area contributed by atoms with Crippen molar-refractivity contribution >= 4 is 21.9 Å². The van der Waals surface area contributed by atoms with Gasteiger partial charge in [-0.2, -0.15) is 0 Å². The number of carbonyl (C=O) groups is 1. The Bertz CT molecular complexity index is 435. The first-order valence-corrected chi connectivity index (χ1v) is 6.50. The van der Waals surface area contributed by atoms with E-state index in [9.17, 15) is 9.18 Å². The fourth-order valence-electron chi connectivity index (χ4n) is 1.71. The largest absolute Gasteiger partial charge is 0.481 e. The molecular formula is C13H17BrFNO2. The summed E-state index contributed by atoms with van der Waals surface area (Å²) in [5.74, 6) is -1.09. The van der Waals surface area contributed by atoms with Crippen LogP contribution in [0.3, 0.4) is 0 Å². The number of benzene rings is 1. The molecule has 0 fully saturated rings. The third-order valence-corrected chi connectivity index (χ3v) is 3.23. The number of hydrogen-bond donors (Lipinski definition) is 2. The van der Waals surface area contributed by atoms with Crippen molar-refractivity contribution in [3.05, 3.63) is 34.1 Å². The molecule has 0 aliphatic rings. The van der Waals surface area contributed by atoms with Crippen LogP contribution in [0.2, 0.25) is 0 Å². The minimum absolute atomic E-state index is 0.0665. The second kappa shape index (κ2) is 6.29. The Kier molecular flexibility index (Phi) is 5.28. The van der Waals surface area contributed by atoms with Gasteiger partial charge in [0.25, 0.3) is 0 Å². The molecule has 0 atom stereocenters. The second-order valence-corrected chi connectivity index (χ2v) is 5.74. The minimum atomic E-state index is -0.839. The molecule has 1 aromatic carbocycles. The van der Waals surface area contributed by atoms with Gasteiger partial charge in [-0.15, -0.1) is 0 Å². The van der Waals surface area contributed by atoms with E-state index in [0.29, 0.717) is 18.7 Å². The van der Waals surface area contributed by atoms with Gasteiger partial charge < -0.3 is 10.4 Å². The first-order valence-electron chi connectivity index (χ1n) is 5.71. The van der Waals surface area contributed by atoms with Crippen molar-refractivity contribution in [2.45, 2.75) is 25.7 Å². The quantitative estimate of drug-likeness (QED) is 0.793. The smallest absolute Gasteiger partial charge is 0.304 e. The van der Waals surface area contributed by atoms with Gasteiger partial charge in [0.2, 0.25) is 0 Å². The van der Waals surface area contributed by atoms with Gasteiger partial charge in [-0.25, -0.2) is 4.39 Å².